The summed E-state index contributed by atoms with van der Waals surface area (Å²) < 4.78 is 5.47. The molecule has 19 heavy (non-hydrogen) atoms. The highest BCUT2D eigenvalue weighted by molar-refractivity contribution is 5.87. The number of carboxylic acids is 2. The normalized spacial score (nSPS) is 34.7. The van der Waals surface area contributed by atoms with Crippen LogP contribution < -0.4 is 0 Å². The molecule has 1 aliphatic carbocycles. The third-order valence-corrected chi connectivity index (χ3v) is 3.81. The van der Waals surface area contributed by atoms with Crippen molar-refractivity contribution in [3.8, 4) is 0 Å². The van der Waals surface area contributed by atoms with Crippen molar-refractivity contribution in [1.82, 2.24) is 0 Å². The first-order valence-electron chi connectivity index (χ1n) is 6.52. The van der Waals surface area contributed by atoms with Crippen molar-refractivity contribution in [3.05, 3.63) is 24.3 Å². The molecule has 0 saturated carbocycles. The molecule has 2 heterocycles. The maximum Gasteiger partial charge on any atom is 0.344 e. The number of aliphatic carboxylic acids is 2. The van der Waals surface area contributed by atoms with E-state index < -0.39 is 23.0 Å². The van der Waals surface area contributed by atoms with Crippen molar-refractivity contribution in [3.63, 3.8) is 0 Å². The van der Waals surface area contributed by atoms with Gasteiger partial charge in [-0.05, 0) is 25.0 Å². The molecule has 0 unspecified atom stereocenters. The summed E-state index contributed by atoms with van der Waals surface area (Å²) in [6.45, 7) is 0.362. The predicted molar refractivity (Wildman–Crippen MR) is 67.8 cm³/mol. The van der Waals surface area contributed by atoms with Gasteiger partial charge in [0, 0.05) is 6.61 Å². The first-order valence-corrected chi connectivity index (χ1v) is 6.52. The minimum atomic E-state index is -1.51. The quantitative estimate of drug-likeness (QED) is 0.747. The number of carboxylic acid groups (broad SMARTS) is 2. The summed E-state index contributed by atoms with van der Waals surface area (Å²) in [6, 6.07) is 0. The van der Waals surface area contributed by atoms with Crippen LogP contribution in [0.1, 0.15) is 32.1 Å². The van der Waals surface area contributed by atoms with Crippen LogP contribution in [0.25, 0.3) is 0 Å². The molecule has 5 nitrogen and oxygen atoms in total. The summed E-state index contributed by atoms with van der Waals surface area (Å²) in [5, 5.41) is 18.7. The Morgan fingerprint density at radius 1 is 0.895 bits per heavy atom. The number of rotatable bonds is 2. The summed E-state index contributed by atoms with van der Waals surface area (Å²) in [4.78, 5) is 22.8. The molecular formula is C14H18O5. The Labute approximate surface area is 111 Å². The van der Waals surface area contributed by atoms with Gasteiger partial charge in [0.2, 0.25) is 5.60 Å². The fraction of sp³-hybridized carbons (Fsp3) is 0.571. The average molecular weight is 266 g/mol. The van der Waals surface area contributed by atoms with Gasteiger partial charge in [-0.15, -0.1) is 0 Å². The standard InChI is InChI=1S/C14H18O5/c15-11(16)13-5-3-1-2-4-10-19-14(8-6-13,9-7-13)12(17)18/h6-9H,1-5,10H2,(H,15,16)(H,17,18). The molecule has 104 valence electrons. The van der Waals surface area contributed by atoms with Gasteiger partial charge in [0.15, 0.2) is 0 Å². The van der Waals surface area contributed by atoms with E-state index in [4.69, 9.17) is 4.74 Å². The largest absolute Gasteiger partial charge is 0.480 e. The lowest BCUT2D eigenvalue weighted by Crippen LogP contribution is -2.42. The Morgan fingerprint density at radius 3 is 2.11 bits per heavy atom. The van der Waals surface area contributed by atoms with Crippen LogP contribution >= 0.6 is 0 Å². The molecule has 0 amide bonds. The van der Waals surface area contributed by atoms with Gasteiger partial charge in [0.25, 0.3) is 0 Å². The van der Waals surface area contributed by atoms with E-state index in [9.17, 15) is 19.8 Å². The maximum absolute atomic E-state index is 11.5. The molecule has 0 fully saturated rings. The Hall–Kier alpha value is -1.62. The second-order valence-electron chi connectivity index (χ2n) is 5.12. The van der Waals surface area contributed by atoms with Gasteiger partial charge >= 0.3 is 11.9 Å². The first kappa shape index (κ1) is 13.8. The molecule has 0 aromatic carbocycles. The van der Waals surface area contributed by atoms with E-state index in [2.05, 4.69) is 0 Å². The Kier molecular flexibility index (Phi) is 3.75. The van der Waals surface area contributed by atoms with Crippen molar-refractivity contribution in [2.45, 2.75) is 37.7 Å². The van der Waals surface area contributed by atoms with Crippen molar-refractivity contribution < 1.29 is 24.5 Å². The molecule has 2 N–H and O–H groups in total. The molecular weight excluding hydrogens is 248 g/mol. The van der Waals surface area contributed by atoms with Crippen molar-refractivity contribution in [2.24, 2.45) is 5.41 Å². The van der Waals surface area contributed by atoms with Crippen LogP contribution in [0.15, 0.2) is 24.3 Å². The highest BCUT2D eigenvalue weighted by Crippen LogP contribution is 2.37. The lowest BCUT2D eigenvalue weighted by molar-refractivity contribution is -0.155. The summed E-state index contributed by atoms with van der Waals surface area (Å²) in [5.41, 5.74) is -2.60. The average Bonchev–Trinajstić information content (AvgIpc) is 2.45. The van der Waals surface area contributed by atoms with E-state index in [1.165, 1.54) is 24.3 Å². The molecule has 0 aromatic heterocycles. The predicted octanol–water partition coefficient (Wildman–Crippen LogP) is 1.99. The van der Waals surface area contributed by atoms with Gasteiger partial charge in [-0.2, -0.15) is 0 Å². The van der Waals surface area contributed by atoms with Crippen LogP contribution in [0.4, 0.5) is 0 Å². The zero-order chi connectivity index (χ0) is 13.9. The molecule has 0 radical (unpaired) electrons. The lowest BCUT2D eigenvalue weighted by atomic mass is 9.76. The lowest BCUT2D eigenvalue weighted by Gasteiger charge is -2.31. The van der Waals surface area contributed by atoms with Crippen molar-refractivity contribution in [2.75, 3.05) is 6.61 Å². The molecule has 2 aliphatic heterocycles. The highest BCUT2D eigenvalue weighted by atomic mass is 16.5. The van der Waals surface area contributed by atoms with Gasteiger partial charge in [0.05, 0.1) is 0 Å². The zero-order valence-electron chi connectivity index (χ0n) is 10.7. The minimum absolute atomic E-state index is 0.362. The van der Waals surface area contributed by atoms with Gasteiger partial charge in [0.1, 0.15) is 5.41 Å². The van der Waals surface area contributed by atoms with Crippen LogP contribution in [0.3, 0.4) is 0 Å². The van der Waals surface area contributed by atoms with E-state index in [0.29, 0.717) is 13.0 Å². The summed E-state index contributed by atoms with van der Waals surface area (Å²) in [5.74, 6) is -2.06. The fourth-order valence-electron chi connectivity index (χ4n) is 2.49. The summed E-state index contributed by atoms with van der Waals surface area (Å²) in [7, 11) is 0. The van der Waals surface area contributed by atoms with Crippen molar-refractivity contribution >= 4 is 11.9 Å². The third kappa shape index (κ3) is 2.56. The Bertz CT molecular complexity index is 383. The number of fused-ring (bicyclic) bond motifs is 6. The first-order chi connectivity index (χ1) is 9.01. The third-order valence-electron chi connectivity index (χ3n) is 3.81. The SMILES string of the molecule is O=C(O)C12C=CC(C(=O)O)(C=C1)OCCCCCC2. The monoisotopic (exact) mass is 266 g/mol. The van der Waals surface area contributed by atoms with E-state index in [0.717, 1.165) is 25.7 Å². The molecule has 5 heteroatoms. The molecule has 0 spiro atoms. The van der Waals surface area contributed by atoms with Crippen molar-refractivity contribution in [1.29, 1.82) is 0 Å². The number of ether oxygens (including phenoxy) is 1. The van der Waals surface area contributed by atoms with Crippen LogP contribution in [0.2, 0.25) is 0 Å². The molecule has 0 atom stereocenters. The Morgan fingerprint density at radius 2 is 1.53 bits per heavy atom. The number of hydrogen-bond acceptors (Lipinski definition) is 3. The zero-order valence-corrected chi connectivity index (χ0v) is 10.7. The highest BCUT2D eigenvalue weighted by Gasteiger charge is 2.43. The molecule has 0 aromatic rings. The van der Waals surface area contributed by atoms with E-state index in [1.807, 2.05) is 0 Å². The van der Waals surface area contributed by atoms with Crippen LogP contribution in [-0.2, 0) is 14.3 Å². The summed E-state index contributed by atoms with van der Waals surface area (Å²) >= 11 is 0. The van der Waals surface area contributed by atoms with Crippen LogP contribution in [0, 0.1) is 5.41 Å². The van der Waals surface area contributed by atoms with E-state index in [1.54, 1.807) is 0 Å². The van der Waals surface area contributed by atoms with Gasteiger partial charge in [-0.3, -0.25) is 4.79 Å². The van der Waals surface area contributed by atoms with Gasteiger partial charge in [-0.25, -0.2) is 4.79 Å². The van der Waals surface area contributed by atoms with Crippen LogP contribution in [0.5, 0.6) is 0 Å². The molecule has 2 bridgehead atoms. The van der Waals surface area contributed by atoms with E-state index >= 15 is 0 Å². The molecule has 3 aliphatic rings. The van der Waals surface area contributed by atoms with Gasteiger partial charge in [-0.1, -0.05) is 31.4 Å². The van der Waals surface area contributed by atoms with E-state index in [-0.39, 0.29) is 0 Å². The topological polar surface area (TPSA) is 83.8 Å². The number of carbonyl (C=O) groups is 2. The minimum Gasteiger partial charge on any atom is -0.480 e. The Balaban J connectivity index is 2.36. The second kappa shape index (κ2) is 5.17. The number of hydrogen-bond donors (Lipinski definition) is 2. The smallest absolute Gasteiger partial charge is 0.344 e. The molecule has 3 rings (SSSR count). The van der Waals surface area contributed by atoms with Crippen LogP contribution in [-0.4, -0.2) is 34.4 Å². The van der Waals surface area contributed by atoms with Gasteiger partial charge < -0.3 is 14.9 Å². The second-order valence-corrected chi connectivity index (χ2v) is 5.12. The summed E-state index contributed by atoms with van der Waals surface area (Å²) in [6.07, 6.45) is 9.61. The maximum atomic E-state index is 11.5. The molecule has 0 saturated heterocycles. The fourth-order valence-corrected chi connectivity index (χ4v) is 2.49.